The molecule has 0 spiro atoms. The summed E-state index contributed by atoms with van der Waals surface area (Å²) in [5, 5.41) is 2.96. The van der Waals surface area contributed by atoms with Crippen molar-refractivity contribution in [1.29, 1.82) is 0 Å². The van der Waals surface area contributed by atoms with Crippen LogP contribution in [0.2, 0.25) is 0 Å². The molecule has 5 nitrogen and oxygen atoms in total. The first-order valence-electron chi connectivity index (χ1n) is 9.42. The van der Waals surface area contributed by atoms with Crippen LogP contribution in [0.5, 0.6) is 5.75 Å². The summed E-state index contributed by atoms with van der Waals surface area (Å²) >= 11 is 0. The van der Waals surface area contributed by atoms with E-state index in [9.17, 15) is 4.79 Å². The first kappa shape index (κ1) is 17.0. The van der Waals surface area contributed by atoms with Crippen LogP contribution in [-0.4, -0.2) is 30.2 Å². The van der Waals surface area contributed by atoms with Crippen molar-refractivity contribution in [3.63, 3.8) is 0 Å². The van der Waals surface area contributed by atoms with E-state index in [1.54, 1.807) is 6.20 Å². The Morgan fingerprint density at radius 3 is 3.00 bits per heavy atom. The van der Waals surface area contributed by atoms with Crippen molar-refractivity contribution in [3.8, 4) is 5.75 Å². The van der Waals surface area contributed by atoms with Gasteiger partial charge in [-0.15, -0.1) is 0 Å². The number of para-hydroxylation sites is 2. The molecule has 1 aliphatic carbocycles. The van der Waals surface area contributed by atoms with Crippen LogP contribution in [0.4, 0.5) is 5.69 Å². The molecule has 1 aromatic carbocycles. The molecule has 1 saturated heterocycles. The molecule has 0 radical (unpaired) electrons. The van der Waals surface area contributed by atoms with Crippen LogP contribution in [0.25, 0.3) is 0 Å². The third-order valence-electron chi connectivity index (χ3n) is 5.02. The highest BCUT2D eigenvalue weighted by atomic mass is 16.5. The molecule has 2 heterocycles. The summed E-state index contributed by atoms with van der Waals surface area (Å²) in [7, 11) is 0. The Labute approximate surface area is 153 Å². The van der Waals surface area contributed by atoms with E-state index >= 15 is 0 Å². The maximum Gasteiger partial charge on any atom is 0.257 e. The highest BCUT2D eigenvalue weighted by Gasteiger charge is 2.18. The van der Waals surface area contributed by atoms with Gasteiger partial charge in [0, 0.05) is 18.5 Å². The molecular formula is C21H24N2O3. The Morgan fingerprint density at radius 1 is 1.23 bits per heavy atom. The zero-order valence-corrected chi connectivity index (χ0v) is 14.9. The van der Waals surface area contributed by atoms with E-state index in [4.69, 9.17) is 9.47 Å². The van der Waals surface area contributed by atoms with Crippen molar-refractivity contribution >= 4 is 11.6 Å². The molecule has 1 aliphatic heterocycles. The maximum absolute atomic E-state index is 12.7. The Hall–Kier alpha value is -2.40. The predicted octanol–water partition coefficient (Wildman–Crippen LogP) is 3.77. The van der Waals surface area contributed by atoms with Crippen molar-refractivity contribution in [3.05, 3.63) is 53.3 Å². The van der Waals surface area contributed by atoms with Gasteiger partial charge in [-0.2, -0.15) is 0 Å². The molecule has 0 saturated carbocycles. The number of nitrogens with one attached hydrogen (secondary N) is 1. The number of anilines is 1. The monoisotopic (exact) mass is 352 g/mol. The standard InChI is InChI=1S/C21H24N2O3/c24-21(16-12-15-6-1-2-8-18(15)22-13-16)23-19-9-3-4-10-20(19)26-14-17-7-5-11-25-17/h3-4,9-10,12-13,17H,1-2,5-8,11,14H2,(H,23,24). The third kappa shape index (κ3) is 3.88. The third-order valence-corrected chi connectivity index (χ3v) is 5.02. The van der Waals surface area contributed by atoms with Gasteiger partial charge in [-0.05, 0) is 62.3 Å². The lowest BCUT2D eigenvalue weighted by Crippen LogP contribution is -2.18. The predicted molar refractivity (Wildman–Crippen MR) is 99.7 cm³/mol. The fraction of sp³-hybridized carbons (Fsp3) is 0.429. The highest BCUT2D eigenvalue weighted by Crippen LogP contribution is 2.26. The number of amides is 1. The summed E-state index contributed by atoms with van der Waals surface area (Å²) in [5.74, 6) is 0.515. The normalized spacial score (nSPS) is 19.0. The van der Waals surface area contributed by atoms with Crippen molar-refractivity contribution in [2.75, 3.05) is 18.5 Å². The average Bonchev–Trinajstić information content (AvgIpc) is 3.20. The Balaban J connectivity index is 1.45. The molecule has 1 aromatic heterocycles. The Morgan fingerprint density at radius 2 is 2.12 bits per heavy atom. The van der Waals surface area contributed by atoms with E-state index in [-0.39, 0.29) is 12.0 Å². The number of hydrogen-bond acceptors (Lipinski definition) is 4. The molecule has 0 bridgehead atoms. The summed E-state index contributed by atoms with van der Waals surface area (Å²) in [4.78, 5) is 17.2. The van der Waals surface area contributed by atoms with E-state index in [2.05, 4.69) is 10.3 Å². The Bertz CT molecular complexity index is 785. The van der Waals surface area contributed by atoms with E-state index in [0.717, 1.165) is 38.0 Å². The lowest BCUT2D eigenvalue weighted by Gasteiger charge is -2.17. The zero-order chi connectivity index (χ0) is 17.8. The minimum atomic E-state index is -0.154. The highest BCUT2D eigenvalue weighted by molar-refractivity contribution is 6.05. The second-order valence-electron chi connectivity index (χ2n) is 6.93. The van der Waals surface area contributed by atoms with Crippen LogP contribution < -0.4 is 10.1 Å². The summed E-state index contributed by atoms with van der Waals surface area (Å²) in [6.45, 7) is 1.31. The van der Waals surface area contributed by atoms with Gasteiger partial charge >= 0.3 is 0 Å². The molecular weight excluding hydrogens is 328 g/mol. The smallest absolute Gasteiger partial charge is 0.257 e. The molecule has 1 amide bonds. The Kier molecular flexibility index (Phi) is 5.16. The quantitative estimate of drug-likeness (QED) is 0.890. The number of carbonyl (C=O) groups is 1. The van der Waals surface area contributed by atoms with Crippen LogP contribution >= 0.6 is 0 Å². The summed E-state index contributed by atoms with van der Waals surface area (Å²) in [6, 6.07) is 9.50. The van der Waals surface area contributed by atoms with E-state index in [0.29, 0.717) is 23.6 Å². The van der Waals surface area contributed by atoms with Gasteiger partial charge in [0.25, 0.3) is 5.91 Å². The molecule has 26 heavy (non-hydrogen) atoms. The van der Waals surface area contributed by atoms with Gasteiger partial charge in [0.15, 0.2) is 0 Å². The van der Waals surface area contributed by atoms with Crippen LogP contribution in [-0.2, 0) is 17.6 Å². The van der Waals surface area contributed by atoms with E-state index in [1.807, 2.05) is 30.3 Å². The fourth-order valence-corrected chi connectivity index (χ4v) is 3.56. The summed E-state index contributed by atoms with van der Waals surface area (Å²) in [6.07, 6.45) is 8.29. The fourth-order valence-electron chi connectivity index (χ4n) is 3.56. The lowest BCUT2D eigenvalue weighted by molar-refractivity contribution is 0.0682. The van der Waals surface area contributed by atoms with Gasteiger partial charge in [-0.25, -0.2) is 0 Å². The van der Waals surface area contributed by atoms with Crippen LogP contribution in [0.15, 0.2) is 36.5 Å². The average molecular weight is 352 g/mol. The number of aryl methyl sites for hydroxylation is 2. The molecule has 2 aliphatic rings. The molecule has 1 unspecified atom stereocenters. The number of ether oxygens (including phenoxy) is 2. The number of benzene rings is 1. The van der Waals surface area contributed by atoms with Gasteiger partial charge < -0.3 is 14.8 Å². The number of pyridine rings is 1. The van der Waals surface area contributed by atoms with Gasteiger partial charge in [0.2, 0.25) is 0 Å². The summed E-state index contributed by atoms with van der Waals surface area (Å²) in [5.41, 5.74) is 3.60. The second-order valence-corrected chi connectivity index (χ2v) is 6.93. The molecule has 5 heteroatoms. The molecule has 1 fully saturated rings. The lowest BCUT2D eigenvalue weighted by atomic mass is 9.95. The van der Waals surface area contributed by atoms with Crippen molar-refractivity contribution < 1.29 is 14.3 Å². The van der Waals surface area contributed by atoms with Crippen molar-refractivity contribution in [1.82, 2.24) is 4.98 Å². The SMILES string of the molecule is O=C(Nc1ccccc1OCC1CCCO1)c1cnc2c(c1)CCCC2. The number of rotatable bonds is 5. The van der Waals surface area contributed by atoms with Gasteiger partial charge in [0.05, 0.1) is 17.4 Å². The minimum absolute atomic E-state index is 0.142. The van der Waals surface area contributed by atoms with Crippen molar-refractivity contribution in [2.24, 2.45) is 0 Å². The van der Waals surface area contributed by atoms with Gasteiger partial charge in [0.1, 0.15) is 12.4 Å². The minimum Gasteiger partial charge on any atom is -0.489 e. The van der Waals surface area contributed by atoms with Crippen LogP contribution in [0.3, 0.4) is 0 Å². The molecule has 1 N–H and O–H groups in total. The molecule has 2 aromatic rings. The molecule has 1 atom stereocenters. The molecule has 136 valence electrons. The van der Waals surface area contributed by atoms with Crippen molar-refractivity contribution in [2.45, 2.75) is 44.6 Å². The number of carbonyl (C=O) groups excluding carboxylic acids is 1. The number of aromatic nitrogens is 1. The number of nitrogens with zero attached hydrogens (tertiary/aromatic N) is 1. The van der Waals surface area contributed by atoms with E-state index in [1.165, 1.54) is 18.4 Å². The van der Waals surface area contributed by atoms with Gasteiger partial charge in [-0.3, -0.25) is 9.78 Å². The largest absolute Gasteiger partial charge is 0.489 e. The topological polar surface area (TPSA) is 60.5 Å². The number of hydrogen-bond donors (Lipinski definition) is 1. The summed E-state index contributed by atoms with van der Waals surface area (Å²) < 4.78 is 11.5. The number of fused-ring (bicyclic) bond motifs is 1. The van der Waals surface area contributed by atoms with Crippen LogP contribution in [0.1, 0.15) is 47.3 Å². The van der Waals surface area contributed by atoms with Gasteiger partial charge in [-0.1, -0.05) is 12.1 Å². The first-order chi connectivity index (χ1) is 12.8. The first-order valence-corrected chi connectivity index (χ1v) is 9.42. The zero-order valence-electron chi connectivity index (χ0n) is 14.9. The molecule has 4 rings (SSSR count). The van der Waals surface area contributed by atoms with Crippen LogP contribution in [0, 0.1) is 0 Å². The van der Waals surface area contributed by atoms with E-state index < -0.39 is 0 Å². The maximum atomic E-state index is 12.7. The second kappa shape index (κ2) is 7.87.